The number of benzene rings is 2. The molecule has 1 amide bonds. The Balaban J connectivity index is 2.04. The Labute approximate surface area is 211 Å². The van der Waals surface area contributed by atoms with E-state index in [-0.39, 0.29) is 30.4 Å². The number of nitro groups is 1. The fourth-order valence-electron chi connectivity index (χ4n) is 5.07. The first-order valence-corrected chi connectivity index (χ1v) is 12.3. The summed E-state index contributed by atoms with van der Waals surface area (Å²) in [5.41, 5.74) is 0.264. The van der Waals surface area contributed by atoms with E-state index in [1.54, 1.807) is 6.92 Å². The molecule has 1 aliphatic heterocycles. The molecule has 9 nitrogen and oxygen atoms in total. The Hall–Kier alpha value is -3.30. The van der Waals surface area contributed by atoms with Crippen molar-refractivity contribution in [2.24, 2.45) is 11.8 Å². The van der Waals surface area contributed by atoms with Crippen LogP contribution in [0.1, 0.15) is 50.8 Å². The van der Waals surface area contributed by atoms with Crippen molar-refractivity contribution in [3.8, 4) is 0 Å². The second-order valence-electron chi connectivity index (χ2n) is 9.58. The molecule has 1 heterocycles. The predicted molar refractivity (Wildman–Crippen MR) is 135 cm³/mol. The van der Waals surface area contributed by atoms with Crippen LogP contribution >= 0.6 is 0 Å². The molecule has 0 aliphatic carbocycles. The molecule has 0 bridgehead atoms. The van der Waals surface area contributed by atoms with Crippen LogP contribution in [0.25, 0.3) is 0 Å². The molecule has 6 atom stereocenters. The molecule has 2 aromatic carbocycles. The summed E-state index contributed by atoms with van der Waals surface area (Å²) in [7, 11) is 0. The Kier molecular flexibility index (Phi) is 9.17. The van der Waals surface area contributed by atoms with Gasteiger partial charge in [0.15, 0.2) is 0 Å². The third-order valence-corrected chi connectivity index (χ3v) is 7.17. The molecule has 0 spiro atoms. The van der Waals surface area contributed by atoms with Crippen molar-refractivity contribution in [3.63, 3.8) is 0 Å². The van der Waals surface area contributed by atoms with Crippen molar-refractivity contribution in [1.29, 1.82) is 0 Å². The lowest BCUT2D eigenvalue weighted by atomic mass is 9.74. The molecule has 3 rings (SSSR count). The molecule has 36 heavy (non-hydrogen) atoms. The lowest BCUT2D eigenvalue weighted by molar-refractivity contribution is -0.536. The number of rotatable bonds is 12. The predicted octanol–water partition coefficient (Wildman–Crippen LogP) is 3.57. The lowest BCUT2D eigenvalue weighted by Gasteiger charge is -2.37. The van der Waals surface area contributed by atoms with Crippen molar-refractivity contribution < 1.29 is 24.4 Å². The maximum Gasteiger partial charge on any atom is 0.305 e. The van der Waals surface area contributed by atoms with Gasteiger partial charge in [0.1, 0.15) is 11.6 Å². The minimum absolute atomic E-state index is 0.0733. The van der Waals surface area contributed by atoms with Crippen LogP contribution in [0, 0.1) is 22.0 Å². The number of hydrogen-bond donors (Lipinski definition) is 3. The highest BCUT2D eigenvalue weighted by Crippen LogP contribution is 2.45. The zero-order chi connectivity index (χ0) is 26.3. The summed E-state index contributed by atoms with van der Waals surface area (Å²) in [6.07, 6.45) is -0.151. The molecule has 0 aromatic heterocycles. The first-order valence-electron chi connectivity index (χ1n) is 12.3. The van der Waals surface area contributed by atoms with Gasteiger partial charge in [-0.25, -0.2) is 0 Å². The van der Waals surface area contributed by atoms with E-state index in [4.69, 9.17) is 9.84 Å². The largest absolute Gasteiger partial charge is 0.481 e. The Morgan fingerprint density at radius 2 is 1.78 bits per heavy atom. The summed E-state index contributed by atoms with van der Waals surface area (Å²) in [6, 6.07) is 16.8. The van der Waals surface area contributed by atoms with E-state index in [0.717, 1.165) is 5.56 Å². The number of amides is 1. The average Bonchev–Trinajstić information content (AvgIpc) is 3.19. The average molecular weight is 498 g/mol. The summed E-state index contributed by atoms with van der Waals surface area (Å²) >= 11 is 0. The maximum atomic E-state index is 13.5. The first kappa shape index (κ1) is 27.3. The molecule has 1 fully saturated rings. The molecule has 0 radical (unpaired) electrons. The molecular formula is C27H35N3O6. The number of nitrogens with zero attached hydrogens (tertiary/aromatic N) is 1. The van der Waals surface area contributed by atoms with Crippen molar-refractivity contribution >= 4 is 11.9 Å². The van der Waals surface area contributed by atoms with Gasteiger partial charge in [-0.05, 0) is 24.0 Å². The van der Waals surface area contributed by atoms with Gasteiger partial charge in [0, 0.05) is 11.5 Å². The fourth-order valence-corrected chi connectivity index (χ4v) is 5.07. The van der Waals surface area contributed by atoms with Crippen molar-refractivity contribution in [2.45, 2.75) is 63.9 Å². The van der Waals surface area contributed by atoms with E-state index in [0.29, 0.717) is 12.0 Å². The van der Waals surface area contributed by atoms with Gasteiger partial charge in [0.2, 0.25) is 11.9 Å². The summed E-state index contributed by atoms with van der Waals surface area (Å²) in [5.74, 6) is -2.41. The van der Waals surface area contributed by atoms with Crippen LogP contribution in [0.5, 0.6) is 0 Å². The Bertz CT molecular complexity index is 1030. The number of nitrogens with one attached hydrogen (secondary N) is 2. The molecule has 1 saturated heterocycles. The van der Waals surface area contributed by atoms with Crippen molar-refractivity contribution in [1.82, 2.24) is 10.6 Å². The minimum atomic E-state index is -1.37. The van der Waals surface area contributed by atoms with Gasteiger partial charge in [-0.15, -0.1) is 0 Å². The minimum Gasteiger partial charge on any atom is -0.481 e. The van der Waals surface area contributed by atoms with Gasteiger partial charge in [-0.1, -0.05) is 80.9 Å². The van der Waals surface area contributed by atoms with Crippen LogP contribution < -0.4 is 10.6 Å². The van der Waals surface area contributed by atoms with E-state index < -0.39 is 41.5 Å². The third kappa shape index (κ3) is 6.09. The van der Waals surface area contributed by atoms with Crippen molar-refractivity contribution in [3.05, 3.63) is 81.9 Å². The standard InChI is InChI=1S/C27H35N3O6/c1-4-18(2)25(36-17-19-11-7-5-8-12-19)22-24(30(34)35)23(20-13-9-6-10-14-20)29-27(22,3)26(33)28-16-15-21(31)32/h5-14,18,22-25,29H,4,15-17H2,1-3H3,(H,28,33)(H,31,32)/t18-,22+,23-,24-,25?,27-/m0/s1. The van der Waals surface area contributed by atoms with Crippen LogP contribution in [0.4, 0.5) is 0 Å². The van der Waals surface area contributed by atoms with Crippen LogP contribution in [0.15, 0.2) is 60.7 Å². The molecular weight excluding hydrogens is 462 g/mol. The molecule has 1 unspecified atom stereocenters. The van der Waals surface area contributed by atoms with Gasteiger partial charge >= 0.3 is 5.97 Å². The van der Waals surface area contributed by atoms with E-state index in [9.17, 15) is 19.7 Å². The second kappa shape index (κ2) is 12.1. The number of carboxylic acid groups (broad SMARTS) is 1. The number of carboxylic acids is 1. The number of carbonyl (C=O) groups is 2. The van der Waals surface area contributed by atoms with E-state index in [1.807, 2.05) is 74.5 Å². The quantitative estimate of drug-likeness (QED) is 0.302. The zero-order valence-electron chi connectivity index (χ0n) is 20.9. The van der Waals surface area contributed by atoms with Crippen LogP contribution in [-0.4, -0.2) is 46.1 Å². The van der Waals surface area contributed by atoms with E-state index in [2.05, 4.69) is 10.6 Å². The molecule has 9 heteroatoms. The second-order valence-corrected chi connectivity index (χ2v) is 9.58. The van der Waals surface area contributed by atoms with Gasteiger partial charge < -0.3 is 15.2 Å². The third-order valence-electron chi connectivity index (χ3n) is 7.17. The molecule has 0 saturated carbocycles. The first-order chi connectivity index (χ1) is 17.2. The van der Waals surface area contributed by atoms with Crippen LogP contribution in [0.3, 0.4) is 0 Å². The van der Waals surface area contributed by atoms with E-state index >= 15 is 0 Å². The zero-order valence-corrected chi connectivity index (χ0v) is 20.9. The molecule has 2 aromatic rings. The normalized spacial score (nSPS) is 25.1. The van der Waals surface area contributed by atoms with Gasteiger partial charge in [0.05, 0.1) is 25.0 Å². The fraction of sp³-hybridized carbons (Fsp3) is 0.481. The lowest BCUT2D eigenvalue weighted by Crippen LogP contribution is -2.60. The van der Waals surface area contributed by atoms with Crippen molar-refractivity contribution in [2.75, 3.05) is 6.54 Å². The van der Waals surface area contributed by atoms with Gasteiger partial charge in [0.25, 0.3) is 0 Å². The van der Waals surface area contributed by atoms with Gasteiger partial charge in [-0.2, -0.15) is 0 Å². The van der Waals surface area contributed by atoms with Crippen LogP contribution in [0.2, 0.25) is 0 Å². The monoisotopic (exact) mass is 497 g/mol. The maximum absolute atomic E-state index is 13.5. The Morgan fingerprint density at radius 1 is 1.17 bits per heavy atom. The summed E-state index contributed by atoms with van der Waals surface area (Å²) in [6.45, 7) is 5.81. The highest BCUT2D eigenvalue weighted by molar-refractivity contribution is 5.87. The molecule has 3 N–H and O–H groups in total. The van der Waals surface area contributed by atoms with E-state index in [1.165, 1.54) is 0 Å². The number of aliphatic carboxylic acids is 1. The SMILES string of the molecule is CC[C@H](C)C(OCc1ccccc1)[C@H]1[C@H]([N+](=O)[O-])[C@H](c2ccccc2)N[C@]1(C)C(=O)NCCC(=O)O. The van der Waals surface area contributed by atoms with Crippen LogP contribution in [-0.2, 0) is 20.9 Å². The molecule has 1 aliphatic rings. The molecule has 194 valence electrons. The smallest absolute Gasteiger partial charge is 0.305 e. The summed E-state index contributed by atoms with van der Waals surface area (Å²) in [4.78, 5) is 36.8. The number of carbonyl (C=O) groups excluding carboxylic acids is 1. The number of hydrogen-bond acceptors (Lipinski definition) is 6. The highest BCUT2D eigenvalue weighted by Gasteiger charge is 2.64. The summed E-state index contributed by atoms with van der Waals surface area (Å²) in [5, 5.41) is 27.6. The Morgan fingerprint density at radius 3 is 2.33 bits per heavy atom. The summed E-state index contributed by atoms with van der Waals surface area (Å²) < 4.78 is 6.40. The number of ether oxygens (including phenoxy) is 1. The van der Waals surface area contributed by atoms with Gasteiger partial charge in [-0.3, -0.25) is 25.0 Å². The topological polar surface area (TPSA) is 131 Å². The highest BCUT2D eigenvalue weighted by atomic mass is 16.6.